The molecule has 5 heteroatoms. The molecule has 2 N–H and O–H groups in total. The summed E-state index contributed by atoms with van der Waals surface area (Å²) in [4.78, 5) is 12.3. The molecule has 3 aromatic rings. The van der Waals surface area contributed by atoms with Gasteiger partial charge in [-0.25, -0.2) is 4.79 Å². The summed E-state index contributed by atoms with van der Waals surface area (Å²) in [7, 11) is 1.65. The number of nitrogens with one attached hydrogen (secondary N) is 2. The van der Waals surface area contributed by atoms with Gasteiger partial charge in [-0.2, -0.15) is 0 Å². The van der Waals surface area contributed by atoms with Gasteiger partial charge in [0, 0.05) is 16.6 Å². The number of urea groups is 1. The number of hydrogen-bond donors (Lipinski definition) is 2. The van der Waals surface area contributed by atoms with Gasteiger partial charge in [-0.05, 0) is 41.8 Å². The van der Waals surface area contributed by atoms with Gasteiger partial charge in [0.25, 0.3) is 0 Å². The number of halogens is 1. The molecule has 0 saturated carbocycles. The van der Waals surface area contributed by atoms with Crippen LogP contribution >= 0.6 is 15.9 Å². The molecule has 0 heterocycles. The number of benzene rings is 3. The average Bonchev–Trinajstić information content (AvgIpc) is 2.69. The minimum absolute atomic E-state index is 0.229. The van der Waals surface area contributed by atoms with Crippen LogP contribution in [0, 0.1) is 0 Å². The Kier molecular flexibility index (Phi) is 6.49. The zero-order valence-corrected chi connectivity index (χ0v) is 16.6. The van der Waals surface area contributed by atoms with Crippen LogP contribution in [0.15, 0.2) is 77.3 Å². The molecule has 4 nitrogen and oxygen atoms in total. The molecule has 0 radical (unpaired) electrons. The van der Waals surface area contributed by atoms with Gasteiger partial charge < -0.3 is 15.4 Å². The fourth-order valence-electron chi connectivity index (χ4n) is 2.88. The lowest BCUT2D eigenvalue weighted by Gasteiger charge is -2.13. The van der Waals surface area contributed by atoms with Crippen molar-refractivity contribution >= 4 is 27.6 Å². The first-order chi connectivity index (χ1) is 13.2. The highest BCUT2D eigenvalue weighted by Crippen LogP contribution is 2.27. The zero-order valence-electron chi connectivity index (χ0n) is 15.0. The van der Waals surface area contributed by atoms with Crippen molar-refractivity contribution in [3.63, 3.8) is 0 Å². The molecule has 3 aromatic carbocycles. The Balaban J connectivity index is 1.62. The van der Waals surface area contributed by atoms with Crippen LogP contribution in [0.4, 0.5) is 10.5 Å². The third-order valence-corrected chi connectivity index (χ3v) is 4.68. The minimum atomic E-state index is -0.229. The molecule has 138 valence electrons. The molecule has 2 amide bonds. The lowest BCUT2D eigenvalue weighted by molar-refractivity contribution is 0.252. The SMILES string of the molecule is COc1ccc(Br)cc1CCNC(=O)Nc1ccccc1-c1ccccc1. The maximum atomic E-state index is 12.3. The summed E-state index contributed by atoms with van der Waals surface area (Å²) in [5.74, 6) is 0.815. The minimum Gasteiger partial charge on any atom is -0.496 e. The van der Waals surface area contributed by atoms with Gasteiger partial charge in [0.05, 0.1) is 12.8 Å². The van der Waals surface area contributed by atoms with Gasteiger partial charge >= 0.3 is 6.03 Å². The largest absolute Gasteiger partial charge is 0.496 e. The van der Waals surface area contributed by atoms with Crippen LogP contribution in [-0.4, -0.2) is 19.7 Å². The van der Waals surface area contributed by atoms with Crippen molar-refractivity contribution in [1.82, 2.24) is 5.32 Å². The Morgan fingerprint density at radius 3 is 2.52 bits per heavy atom. The van der Waals surface area contributed by atoms with Crippen LogP contribution in [0.1, 0.15) is 5.56 Å². The van der Waals surface area contributed by atoms with Crippen molar-refractivity contribution in [2.24, 2.45) is 0 Å². The molecule has 3 rings (SSSR count). The van der Waals surface area contributed by atoms with Gasteiger partial charge in [-0.1, -0.05) is 64.5 Å². The van der Waals surface area contributed by atoms with Crippen molar-refractivity contribution in [3.8, 4) is 16.9 Å². The Bertz CT molecular complexity index is 913. The Morgan fingerprint density at radius 2 is 1.74 bits per heavy atom. The van der Waals surface area contributed by atoms with Gasteiger partial charge in [-0.3, -0.25) is 0 Å². The number of carbonyl (C=O) groups is 1. The van der Waals surface area contributed by atoms with Crippen LogP contribution in [0.2, 0.25) is 0 Å². The van der Waals surface area contributed by atoms with Crippen LogP contribution in [0.3, 0.4) is 0 Å². The number of amides is 2. The summed E-state index contributed by atoms with van der Waals surface area (Å²) in [5.41, 5.74) is 3.87. The zero-order chi connectivity index (χ0) is 19.1. The third kappa shape index (κ3) is 5.11. The summed E-state index contributed by atoms with van der Waals surface area (Å²) < 4.78 is 6.35. The summed E-state index contributed by atoms with van der Waals surface area (Å²) in [6, 6.07) is 23.4. The van der Waals surface area contributed by atoms with E-state index in [1.807, 2.05) is 72.8 Å². The number of para-hydroxylation sites is 1. The molecule has 0 aliphatic rings. The number of carbonyl (C=O) groups excluding carboxylic acids is 1. The number of anilines is 1. The highest BCUT2D eigenvalue weighted by Gasteiger charge is 2.09. The molecule has 0 spiro atoms. The van der Waals surface area contributed by atoms with E-state index >= 15 is 0 Å². The molecule has 0 unspecified atom stereocenters. The van der Waals surface area contributed by atoms with Gasteiger partial charge in [0.2, 0.25) is 0 Å². The Morgan fingerprint density at radius 1 is 1.00 bits per heavy atom. The van der Waals surface area contributed by atoms with E-state index in [0.717, 1.165) is 32.6 Å². The number of rotatable bonds is 6. The van der Waals surface area contributed by atoms with Crippen molar-refractivity contribution in [2.45, 2.75) is 6.42 Å². The highest BCUT2D eigenvalue weighted by atomic mass is 79.9. The van der Waals surface area contributed by atoms with E-state index in [0.29, 0.717) is 13.0 Å². The van der Waals surface area contributed by atoms with E-state index < -0.39 is 0 Å². The second kappa shape index (κ2) is 9.24. The van der Waals surface area contributed by atoms with Crippen LogP contribution < -0.4 is 15.4 Å². The van der Waals surface area contributed by atoms with Crippen molar-refractivity contribution in [2.75, 3.05) is 19.0 Å². The fourth-order valence-corrected chi connectivity index (χ4v) is 3.29. The maximum Gasteiger partial charge on any atom is 0.319 e. The molecule has 0 aromatic heterocycles. The Hall–Kier alpha value is -2.79. The van der Waals surface area contributed by atoms with Crippen LogP contribution in [0.25, 0.3) is 11.1 Å². The Labute approximate surface area is 167 Å². The van der Waals surface area contributed by atoms with Gasteiger partial charge in [-0.15, -0.1) is 0 Å². The number of hydrogen-bond acceptors (Lipinski definition) is 2. The lowest BCUT2D eigenvalue weighted by atomic mass is 10.0. The summed E-state index contributed by atoms with van der Waals surface area (Å²) >= 11 is 3.47. The molecular weight excluding hydrogens is 404 g/mol. The number of methoxy groups -OCH3 is 1. The average molecular weight is 425 g/mol. The van der Waals surface area contributed by atoms with E-state index in [9.17, 15) is 4.79 Å². The predicted octanol–water partition coefficient (Wildman–Crippen LogP) is 5.49. The van der Waals surface area contributed by atoms with E-state index in [1.165, 1.54) is 0 Å². The van der Waals surface area contributed by atoms with Crippen molar-refractivity contribution < 1.29 is 9.53 Å². The molecule has 0 atom stereocenters. The third-order valence-electron chi connectivity index (χ3n) is 4.18. The molecule has 0 aliphatic heterocycles. The van der Waals surface area contributed by atoms with E-state index in [4.69, 9.17) is 4.74 Å². The lowest BCUT2D eigenvalue weighted by Crippen LogP contribution is -2.30. The molecule has 27 heavy (non-hydrogen) atoms. The summed E-state index contributed by atoms with van der Waals surface area (Å²) in [5, 5.41) is 5.85. The molecule has 0 bridgehead atoms. The normalized spacial score (nSPS) is 10.3. The van der Waals surface area contributed by atoms with Gasteiger partial charge in [0.1, 0.15) is 5.75 Å². The molecule has 0 aliphatic carbocycles. The van der Waals surface area contributed by atoms with Crippen molar-refractivity contribution in [3.05, 3.63) is 82.8 Å². The first-order valence-electron chi connectivity index (χ1n) is 8.69. The van der Waals surface area contributed by atoms with Crippen molar-refractivity contribution in [1.29, 1.82) is 0 Å². The summed E-state index contributed by atoms with van der Waals surface area (Å²) in [6.45, 7) is 0.506. The maximum absolute atomic E-state index is 12.3. The molecular formula is C22H21BrN2O2. The smallest absolute Gasteiger partial charge is 0.319 e. The predicted molar refractivity (Wildman–Crippen MR) is 113 cm³/mol. The van der Waals surface area contributed by atoms with Crippen LogP contribution in [-0.2, 0) is 6.42 Å². The van der Waals surface area contributed by atoms with E-state index in [1.54, 1.807) is 7.11 Å². The van der Waals surface area contributed by atoms with E-state index in [2.05, 4.69) is 26.6 Å². The summed E-state index contributed by atoms with van der Waals surface area (Å²) in [6.07, 6.45) is 0.677. The fraction of sp³-hybridized carbons (Fsp3) is 0.136. The monoisotopic (exact) mass is 424 g/mol. The van der Waals surface area contributed by atoms with Gasteiger partial charge in [0.15, 0.2) is 0 Å². The molecule has 0 saturated heterocycles. The standard InChI is InChI=1S/C22H21BrN2O2/c1-27-21-12-11-18(23)15-17(21)13-14-24-22(26)25-20-10-6-5-9-19(20)16-7-3-2-4-8-16/h2-12,15H,13-14H2,1H3,(H2,24,25,26). The highest BCUT2D eigenvalue weighted by molar-refractivity contribution is 9.10. The van der Waals surface area contributed by atoms with Crippen LogP contribution in [0.5, 0.6) is 5.75 Å². The topological polar surface area (TPSA) is 50.4 Å². The second-order valence-electron chi connectivity index (χ2n) is 6.00. The molecule has 0 fully saturated rings. The first-order valence-corrected chi connectivity index (χ1v) is 9.48. The first kappa shape index (κ1) is 19.0. The van der Waals surface area contributed by atoms with E-state index in [-0.39, 0.29) is 6.03 Å². The quantitative estimate of drug-likeness (QED) is 0.549. The number of ether oxygens (including phenoxy) is 1. The second-order valence-corrected chi connectivity index (χ2v) is 6.91.